The number of rotatable bonds is 5. The Bertz CT molecular complexity index is 1430. The lowest BCUT2D eigenvalue weighted by Gasteiger charge is -2.31. The first-order chi connectivity index (χ1) is 16.8. The number of sulfone groups is 1. The van der Waals surface area contributed by atoms with Gasteiger partial charge in [0.05, 0.1) is 5.52 Å². The molecule has 1 amide bonds. The van der Waals surface area contributed by atoms with Crippen molar-refractivity contribution in [2.75, 3.05) is 11.6 Å². The fourth-order valence-corrected chi connectivity index (χ4v) is 5.07. The summed E-state index contributed by atoms with van der Waals surface area (Å²) in [6, 6.07) is 6.56. The van der Waals surface area contributed by atoms with Crippen LogP contribution in [-0.4, -0.2) is 37.6 Å². The standard InChI is InChI=1S/C24H22F5N3O3S/c1-36(34,35)21-8-5-13(9-18(21)26)23(33)31-16-4-2-3-15(11-16)30-20-12-22(24(27,28)29)32-19-7-6-14(25)10-17(19)20/h5-10,12,15-16H,2-4,11H2,1H3,(H,30,32)(H,31,33)/t15-,16+/m0/s1. The highest BCUT2D eigenvalue weighted by Gasteiger charge is 2.34. The summed E-state index contributed by atoms with van der Waals surface area (Å²) in [5.41, 5.74) is -1.08. The van der Waals surface area contributed by atoms with E-state index in [9.17, 15) is 35.2 Å². The molecule has 1 saturated carbocycles. The second-order valence-electron chi connectivity index (χ2n) is 8.81. The Labute approximate surface area is 203 Å². The molecular formula is C24H22F5N3O3S. The minimum absolute atomic E-state index is 0.00560. The second kappa shape index (κ2) is 9.64. The van der Waals surface area contributed by atoms with Crippen molar-refractivity contribution in [3.8, 4) is 0 Å². The van der Waals surface area contributed by atoms with Crippen LogP contribution in [0, 0.1) is 11.6 Å². The normalized spacial score (nSPS) is 18.7. The number of hydrogen-bond acceptors (Lipinski definition) is 5. The zero-order valence-corrected chi connectivity index (χ0v) is 19.8. The van der Waals surface area contributed by atoms with Crippen molar-refractivity contribution in [2.24, 2.45) is 0 Å². The molecule has 4 rings (SSSR count). The second-order valence-corrected chi connectivity index (χ2v) is 10.8. The molecule has 0 saturated heterocycles. The van der Waals surface area contributed by atoms with Crippen LogP contribution in [-0.2, 0) is 16.0 Å². The predicted molar refractivity (Wildman–Crippen MR) is 123 cm³/mol. The summed E-state index contributed by atoms with van der Waals surface area (Å²) < 4.78 is 91.3. The van der Waals surface area contributed by atoms with Gasteiger partial charge in [0.2, 0.25) is 0 Å². The first-order valence-electron chi connectivity index (χ1n) is 11.1. The zero-order valence-electron chi connectivity index (χ0n) is 19.0. The van der Waals surface area contributed by atoms with Gasteiger partial charge >= 0.3 is 6.18 Å². The van der Waals surface area contributed by atoms with Crippen molar-refractivity contribution in [1.29, 1.82) is 0 Å². The van der Waals surface area contributed by atoms with E-state index in [0.717, 1.165) is 36.6 Å². The Balaban J connectivity index is 1.51. The van der Waals surface area contributed by atoms with Gasteiger partial charge in [-0.3, -0.25) is 4.79 Å². The highest BCUT2D eigenvalue weighted by Crippen LogP contribution is 2.34. The molecule has 1 heterocycles. The number of nitrogens with zero attached hydrogens (tertiary/aromatic N) is 1. The van der Waals surface area contributed by atoms with E-state index in [-0.39, 0.29) is 34.2 Å². The summed E-state index contributed by atoms with van der Waals surface area (Å²) >= 11 is 0. The van der Waals surface area contributed by atoms with Gasteiger partial charge in [-0.25, -0.2) is 22.2 Å². The number of anilines is 1. The van der Waals surface area contributed by atoms with Gasteiger partial charge in [-0.15, -0.1) is 0 Å². The van der Waals surface area contributed by atoms with E-state index in [1.54, 1.807) is 0 Å². The minimum atomic E-state index is -4.69. The molecule has 192 valence electrons. The molecule has 0 spiro atoms. The molecule has 6 nitrogen and oxygen atoms in total. The quantitative estimate of drug-likeness (QED) is 0.452. The predicted octanol–water partition coefficient (Wildman–Crippen LogP) is 5.09. The molecule has 3 aromatic rings. The molecule has 0 unspecified atom stereocenters. The number of carbonyl (C=O) groups excluding carboxylic acids is 1. The number of benzene rings is 2. The molecule has 1 fully saturated rings. The molecule has 0 aliphatic heterocycles. The summed E-state index contributed by atoms with van der Waals surface area (Å²) in [4.78, 5) is 15.7. The first-order valence-corrected chi connectivity index (χ1v) is 12.9. The number of nitrogens with one attached hydrogen (secondary N) is 2. The van der Waals surface area contributed by atoms with Gasteiger partial charge < -0.3 is 10.6 Å². The summed E-state index contributed by atoms with van der Waals surface area (Å²) in [6.07, 6.45) is -1.64. The molecule has 1 aliphatic carbocycles. The van der Waals surface area contributed by atoms with Gasteiger partial charge in [-0.2, -0.15) is 13.2 Å². The van der Waals surface area contributed by atoms with E-state index in [4.69, 9.17) is 0 Å². The third-order valence-electron chi connectivity index (χ3n) is 6.02. The largest absolute Gasteiger partial charge is 0.433 e. The lowest BCUT2D eigenvalue weighted by Crippen LogP contribution is -2.41. The Kier molecular flexibility index (Phi) is 6.91. The molecule has 0 bridgehead atoms. The minimum Gasteiger partial charge on any atom is -0.382 e. The van der Waals surface area contributed by atoms with Gasteiger partial charge in [0.15, 0.2) is 9.84 Å². The van der Waals surface area contributed by atoms with E-state index < -0.39 is 44.1 Å². The summed E-state index contributed by atoms with van der Waals surface area (Å²) in [5, 5.41) is 6.03. The molecule has 36 heavy (non-hydrogen) atoms. The van der Waals surface area contributed by atoms with Crippen molar-refractivity contribution in [3.05, 3.63) is 65.4 Å². The van der Waals surface area contributed by atoms with Crippen molar-refractivity contribution in [3.63, 3.8) is 0 Å². The Hall–Kier alpha value is -3.28. The molecule has 1 aliphatic rings. The van der Waals surface area contributed by atoms with Crippen LogP contribution in [0.4, 0.5) is 27.6 Å². The Morgan fingerprint density at radius 1 is 1.03 bits per heavy atom. The molecule has 2 N–H and O–H groups in total. The molecule has 1 aromatic heterocycles. The average Bonchev–Trinajstić information content (AvgIpc) is 2.78. The molecule has 2 atom stereocenters. The van der Waals surface area contributed by atoms with Crippen LogP contribution in [0.2, 0.25) is 0 Å². The monoisotopic (exact) mass is 527 g/mol. The fourth-order valence-electron chi connectivity index (χ4n) is 4.35. The smallest absolute Gasteiger partial charge is 0.382 e. The highest BCUT2D eigenvalue weighted by molar-refractivity contribution is 7.90. The molecular weight excluding hydrogens is 505 g/mol. The van der Waals surface area contributed by atoms with Crippen LogP contribution < -0.4 is 10.6 Å². The van der Waals surface area contributed by atoms with Crippen LogP contribution in [0.15, 0.2) is 47.4 Å². The van der Waals surface area contributed by atoms with Crippen molar-refractivity contribution >= 4 is 32.3 Å². The van der Waals surface area contributed by atoms with E-state index in [1.807, 2.05) is 0 Å². The zero-order chi connectivity index (χ0) is 26.3. The third-order valence-corrected chi connectivity index (χ3v) is 7.15. The maximum Gasteiger partial charge on any atom is 0.433 e. The van der Waals surface area contributed by atoms with Crippen molar-refractivity contribution < 1.29 is 35.2 Å². The molecule has 2 aromatic carbocycles. The van der Waals surface area contributed by atoms with Gasteiger partial charge in [0.25, 0.3) is 5.91 Å². The van der Waals surface area contributed by atoms with Gasteiger partial charge in [-0.05, 0) is 68.1 Å². The Morgan fingerprint density at radius 2 is 1.75 bits per heavy atom. The lowest BCUT2D eigenvalue weighted by molar-refractivity contribution is -0.140. The van der Waals surface area contributed by atoms with Crippen molar-refractivity contribution in [2.45, 2.75) is 48.8 Å². The lowest BCUT2D eigenvalue weighted by atomic mass is 9.90. The molecule has 0 radical (unpaired) electrons. The molecule has 12 heteroatoms. The van der Waals surface area contributed by atoms with Gasteiger partial charge in [0.1, 0.15) is 22.2 Å². The first kappa shape index (κ1) is 25.8. The number of carbonyl (C=O) groups is 1. The number of fused-ring (bicyclic) bond motifs is 1. The van der Waals surface area contributed by atoms with Gasteiger partial charge in [0, 0.05) is 35.0 Å². The SMILES string of the molecule is CS(=O)(=O)c1ccc(C(=O)N[C@@H]2CCC[C@H](Nc3cc(C(F)(F)F)nc4ccc(F)cc34)C2)cc1F. The van der Waals surface area contributed by atoms with Crippen LogP contribution in [0.3, 0.4) is 0 Å². The van der Waals surface area contributed by atoms with Crippen LogP contribution in [0.5, 0.6) is 0 Å². The van der Waals surface area contributed by atoms with Gasteiger partial charge in [-0.1, -0.05) is 0 Å². The number of alkyl halides is 3. The van der Waals surface area contributed by atoms with Crippen molar-refractivity contribution in [1.82, 2.24) is 10.3 Å². The van der Waals surface area contributed by atoms with Crippen LogP contribution in [0.1, 0.15) is 41.7 Å². The summed E-state index contributed by atoms with van der Waals surface area (Å²) in [5.74, 6) is -2.25. The van der Waals surface area contributed by atoms with E-state index in [2.05, 4.69) is 15.6 Å². The number of aromatic nitrogens is 1. The number of pyridine rings is 1. The third kappa shape index (κ3) is 5.75. The summed E-state index contributed by atoms with van der Waals surface area (Å²) in [7, 11) is -3.78. The average molecular weight is 528 g/mol. The fraction of sp³-hybridized carbons (Fsp3) is 0.333. The number of halogens is 5. The topological polar surface area (TPSA) is 88.2 Å². The van der Waals surface area contributed by atoms with Crippen LogP contribution in [0.25, 0.3) is 10.9 Å². The van der Waals surface area contributed by atoms with Crippen LogP contribution >= 0.6 is 0 Å². The van der Waals surface area contributed by atoms with E-state index in [1.165, 1.54) is 12.1 Å². The number of hydrogen-bond donors (Lipinski definition) is 2. The van der Waals surface area contributed by atoms with E-state index in [0.29, 0.717) is 25.7 Å². The summed E-state index contributed by atoms with van der Waals surface area (Å²) in [6.45, 7) is 0. The Morgan fingerprint density at radius 3 is 2.42 bits per heavy atom. The van der Waals surface area contributed by atoms with E-state index >= 15 is 0 Å². The maximum atomic E-state index is 14.2. The number of amides is 1. The maximum absolute atomic E-state index is 14.2. The highest BCUT2D eigenvalue weighted by atomic mass is 32.2.